The smallest absolute Gasteiger partial charge is 0.251 e. The van der Waals surface area contributed by atoms with Crippen molar-refractivity contribution in [1.29, 1.82) is 0 Å². The van der Waals surface area contributed by atoms with Gasteiger partial charge in [0.2, 0.25) is 0 Å². The molecule has 0 aliphatic rings. The first kappa shape index (κ1) is 29.6. The van der Waals surface area contributed by atoms with Crippen LogP contribution in [-0.4, -0.2) is 82.7 Å². The monoisotopic (exact) mass is 554 g/mol. The van der Waals surface area contributed by atoms with E-state index in [-0.39, 0.29) is 37.1 Å². The Balaban J connectivity index is 2.22. The van der Waals surface area contributed by atoms with E-state index in [1.165, 1.54) is 54.3 Å². The fraction of sp³-hybridized carbons (Fsp3) is 0.444. The fourth-order valence-electron chi connectivity index (χ4n) is 1.88. The second-order valence-corrected chi connectivity index (χ2v) is 11.0. The highest BCUT2D eigenvalue weighted by Gasteiger charge is 2.09. The third-order valence-electron chi connectivity index (χ3n) is 3.59. The number of benzene rings is 1. The minimum Gasteiger partial charge on any atom is -0.394 e. The van der Waals surface area contributed by atoms with Gasteiger partial charge in [-0.3, -0.25) is 9.59 Å². The van der Waals surface area contributed by atoms with Gasteiger partial charge in [-0.15, -0.1) is 0 Å². The van der Waals surface area contributed by atoms with E-state index in [0.717, 1.165) is 0 Å². The molecule has 1 aromatic carbocycles. The van der Waals surface area contributed by atoms with Crippen LogP contribution in [0.4, 0.5) is 0 Å². The summed E-state index contributed by atoms with van der Waals surface area (Å²) in [5.41, 5.74) is 0.960. The number of amides is 2. The predicted molar refractivity (Wildman–Crippen MR) is 147 cm³/mol. The van der Waals surface area contributed by atoms with E-state index in [1.807, 2.05) is 0 Å². The van der Waals surface area contributed by atoms with Crippen LogP contribution >= 0.6 is 68.0 Å². The minimum atomic E-state index is -0.233. The van der Waals surface area contributed by atoms with Crippen molar-refractivity contribution in [1.82, 2.24) is 20.1 Å². The average molecular weight is 555 g/mol. The molecule has 32 heavy (non-hydrogen) atoms. The number of aliphatic hydroxyl groups is 2. The Morgan fingerprint density at radius 3 is 1.50 bits per heavy atom. The zero-order valence-electron chi connectivity index (χ0n) is 17.0. The summed E-state index contributed by atoms with van der Waals surface area (Å²) in [6.07, 6.45) is 0. The quantitative estimate of drug-likeness (QED) is 0.0684. The summed E-state index contributed by atoms with van der Waals surface area (Å²) >= 11 is 9.54. The first-order valence-electron chi connectivity index (χ1n) is 9.42. The maximum absolute atomic E-state index is 12.2. The molecule has 0 saturated heterocycles. The van der Waals surface area contributed by atoms with Crippen molar-refractivity contribution >= 4 is 90.5 Å². The molecule has 0 aliphatic heterocycles. The zero-order valence-corrected chi connectivity index (χ0v) is 21.9. The zero-order chi connectivity index (χ0) is 23.6. The molecule has 0 heterocycles. The second kappa shape index (κ2) is 18.9. The Morgan fingerprint density at radius 1 is 0.812 bits per heavy atom. The lowest BCUT2D eigenvalue weighted by Crippen LogP contribution is -2.28. The summed E-state index contributed by atoms with van der Waals surface area (Å²) in [5, 5.41) is 26.6. The van der Waals surface area contributed by atoms with Crippen LogP contribution < -0.4 is 20.1 Å². The molecule has 6 N–H and O–H groups in total. The van der Waals surface area contributed by atoms with Crippen molar-refractivity contribution in [3.05, 3.63) is 35.4 Å². The van der Waals surface area contributed by atoms with E-state index in [0.29, 0.717) is 35.7 Å². The van der Waals surface area contributed by atoms with Gasteiger partial charge in [-0.05, 0) is 57.0 Å². The highest BCUT2D eigenvalue weighted by Crippen LogP contribution is 2.17. The van der Waals surface area contributed by atoms with Gasteiger partial charge in [-0.25, -0.2) is 9.44 Å². The van der Waals surface area contributed by atoms with Crippen molar-refractivity contribution in [2.45, 2.75) is 12.1 Å². The lowest BCUT2D eigenvalue weighted by atomic mass is 10.1. The summed E-state index contributed by atoms with van der Waals surface area (Å²) in [6, 6.07) is 6.01. The molecule has 1 aromatic rings. The Kier molecular flexibility index (Phi) is 17.5. The number of nitrogens with one attached hydrogen (secondary N) is 4. The maximum atomic E-state index is 12.2. The van der Waals surface area contributed by atoms with Crippen LogP contribution in [0.25, 0.3) is 0 Å². The van der Waals surface area contributed by atoms with E-state index in [1.54, 1.807) is 24.3 Å². The largest absolute Gasteiger partial charge is 0.394 e. The number of carbonyl (C=O) groups excluding carboxylic acids is 2. The average Bonchev–Trinajstić information content (AvgIpc) is 2.83. The van der Waals surface area contributed by atoms with E-state index in [9.17, 15) is 9.59 Å². The number of hydrogen-bond donors (Lipinski definition) is 6. The molecule has 1 rings (SSSR count). The summed E-state index contributed by atoms with van der Waals surface area (Å²) in [5.74, 6) is 0.941. The van der Waals surface area contributed by atoms with Crippen molar-refractivity contribution < 1.29 is 19.8 Å². The Bertz CT molecular complexity index is 654. The molecule has 8 nitrogen and oxygen atoms in total. The molecular weight excluding hydrogens is 529 g/mol. The lowest BCUT2D eigenvalue weighted by Gasteiger charge is -2.10. The van der Waals surface area contributed by atoms with Crippen molar-refractivity contribution in [2.75, 3.05) is 37.8 Å². The molecule has 0 fully saturated rings. The summed E-state index contributed by atoms with van der Waals surface area (Å²) in [4.78, 5) is 24.4. The topological polar surface area (TPSA) is 123 Å². The molecule has 0 radical (unpaired) electrons. The molecule has 0 bridgehead atoms. The molecule has 2 amide bonds. The molecular formula is C18H26N4O4S6. The van der Waals surface area contributed by atoms with Gasteiger partial charge in [0, 0.05) is 35.7 Å². The van der Waals surface area contributed by atoms with Crippen LogP contribution in [0.5, 0.6) is 0 Å². The van der Waals surface area contributed by atoms with Crippen LogP contribution in [0.2, 0.25) is 0 Å². The third-order valence-corrected chi connectivity index (χ3v) is 8.31. The lowest BCUT2D eigenvalue weighted by molar-refractivity contribution is 0.0944. The van der Waals surface area contributed by atoms with Crippen LogP contribution in [0.15, 0.2) is 24.3 Å². The number of thiocarbonyl (C=S) groups is 2. The number of hydrogen-bond acceptors (Lipinski definition) is 12. The first-order valence-corrected chi connectivity index (χ1v) is 15.0. The van der Waals surface area contributed by atoms with Crippen molar-refractivity contribution in [3.8, 4) is 0 Å². The van der Waals surface area contributed by atoms with E-state index in [2.05, 4.69) is 20.1 Å². The number of aliphatic hydroxyl groups excluding tert-OH is 2. The first-order chi connectivity index (χ1) is 15.5. The number of carbonyl (C=O) groups is 2. The van der Waals surface area contributed by atoms with Gasteiger partial charge >= 0.3 is 0 Å². The normalized spacial score (nSPS) is 12.6. The summed E-state index contributed by atoms with van der Waals surface area (Å²) < 4.78 is 5.98. The van der Waals surface area contributed by atoms with E-state index >= 15 is 0 Å². The van der Waals surface area contributed by atoms with Crippen LogP contribution in [0.3, 0.4) is 0 Å². The van der Waals surface area contributed by atoms with Crippen LogP contribution in [-0.2, 0) is 0 Å². The van der Waals surface area contributed by atoms with Crippen LogP contribution in [0.1, 0.15) is 20.7 Å². The molecule has 0 spiro atoms. The summed E-state index contributed by atoms with van der Waals surface area (Å²) in [6.45, 7) is 0.849. The Hall–Kier alpha value is -0.420. The second-order valence-electron chi connectivity index (χ2n) is 5.99. The van der Waals surface area contributed by atoms with Crippen molar-refractivity contribution in [3.63, 3.8) is 0 Å². The highest BCUT2D eigenvalue weighted by atomic mass is 33.1. The van der Waals surface area contributed by atoms with E-state index < -0.39 is 0 Å². The third kappa shape index (κ3) is 12.7. The molecule has 178 valence electrons. The van der Waals surface area contributed by atoms with Gasteiger partial charge in [-0.1, -0.05) is 46.0 Å². The van der Waals surface area contributed by atoms with Gasteiger partial charge < -0.3 is 20.8 Å². The molecule has 0 aromatic heterocycles. The van der Waals surface area contributed by atoms with Gasteiger partial charge in [0.1, 0.15) is 0 Å². The van der Waals surface area contributed by atoms with E-state index in [4.69, 9.17) is 34.6 Å². The van der Waals surface area contributed by atoms with Crippen molar-refractivity contribution in [2.24, 2.45) is 0 Å². The molecule has 0 unspecified atom stereocenters. The standard InChI is InChI=1S/C18H26N4O4S6/c23-9-15(11-27)21-31-29-7-5-19-17(25)13-1-2-14(4-3-13)18(26)20-6-8-30-32-22-16(10-24)12-28/h1-4,11-12,15-16,21-24H,5-10H2,(H,19,25)(H,20,26)/t15-,16-/m1/s1. The Labute approximate surface area is 214 Å². The molecule has 0 saturated carbocycles. The molecule has 14 heteroatoms. The maximum Gasteiger partial charge on any atom is 0.251 e. The molecule has 2 atom stereocenters. The number of rotatable bonds is 18. The Morgan fingerprint density at radius 2 is 1.19 bits per heavy atom. The van der Waals surface area contributed by atoms with Gasteiger partial charge in [-0.2, -0.15) is 0 Å². The predicted octanol–water partition coefficient (Wildman–Crippen LogP) is 1.64. The van der Waals surface area contributed by atoms with Crippen LogP contribution in [0, 0.1) is 0 Å². The highest BCUT2D eigenvalue weighted by molar-refractivity contribution is 8.76. The molecule has 0 aliphatic carbocycles. The van der Waals surface area contributed by atoms with Gasteiger partial charge in [0.25, 0.3) is 11.8 Å². The SMILES string of the molecule is O=C(NCCSSN[C@@H](C=S)CO)c1ccc(C(=O)NCCSSN[C@@H](C=S)CO)cc1. The van der Waals surface area contributed by atoms with Gasteiger partial charge in [0.05, 0.1) is 25.3 Å². The fourth-order valence-corrected chi connectivity index (χ4v) is 5.72. The van der Waals surface area contributed by atoms with Gasteiger partial charge in [0.15, 0.2) is 0 Å². The summed E-state index contributed by atoms with van der Waals surface area (Å²) in [7, 11) is 5.75. The minimum absolute atomic E-state index is 0.0576.